The first kappa shape index (κ1) is 15.0. The molecule has 1 N–H and O–H groups in total. The molecule has 2 rings (SSSR count). The molecule has 0 bridgehead atoms. The van der Waals surface area contributed by atoms with Crippen molar-refractivity contribution in [3.63, 3.8) is 0 Å². The molecule has 1 aliphatic heterocycles. The van der Waals surface area contributed by atoms with Gasteiger partial charge in [-0.1, -0.05) is 29.8 Å². The topological polar surface area (TPSA) is 35.6 Å². The summed E-state index contributed by atoms with van der Waals surface area (Å²) in [5, 5.41) is 2.99. The minimum atomic E-state index is 0.143. The van der Waals surface area contributed by atoms with Crippen molar-refractivity contribution in [2.45, 2.75) is 19.9 Å². The van der Waals surface area contributed by atoms with Crippen molar-refractivity contribution in [2.75, 3.05) is 39.8 Å². The first-order valence-electron chi connectivity index (χ1n) is 7.36. The molecule has 1 aliphatic rings. The maximum Gasteiger partial charge on any atom is 0.221 e. The molecule has 110 valence electrons. The van der Waals surface area contributed by atoms with E-state index in [2.05, 4.69) is 53.4 Å². The normalized spacial score (nSPS) is 17.1. The Labute approximate surface area is 121 Å². The predicted molar refractivity (Wildman–Crippen MR) is 81.6 cm³/mol. The first-order valence-corrected chi connectivity index (χ1v) is 7.36. The number of hydrogen-bond acceptors (Lipinski definition) is 3. The summed E-state index contributed by atoms with van der Waals surface area (Å²) in [4.78, 5) is 16.5. The molecule has 1 amide bonds. The van der Waals surface area contributed by atoms with Gasteiger partial charge in [-0.15, -0.1) is 0 Å². The maximum absolute atomic E-state index is 11.8. The van der Waals surface area contributed by atoms with Gasteiger partial charge in [-0.3, -0.25) is 4.79 Å². The van der Waals surface area contributed by atoms with Crippen molar-refractivity contribution in [2.24, 2.45) is 0 Å². The van der Waals surface area contributed by atoms with Crippen molar-refractivity contribution in [3.8, 4) is 0 Å². The zero-order chi connectivity index (χ0) is 14.4. The minimum Gasteiger partial charge on any atom is -0.352 e. The number of carbonyl (C=O) groups excluding carboxylic acids is 1. The average Bonchev–Trinajstić information content (AvgIpc) is 2.46. The third-order valence-electron chi connectivity index (χ3n) is 3.86. The van der Waals surface area contributed by atoms with E-state index in [1.165, 1.54) is 5.56 Å². The molecule has 1 aromatic rings. The number of benzene rings is 1. The Morgan fingerprint density at radius 3 is 2.45 bits per heavy atom. The van der Waals surface area contributed by atoms with Gasteiger partial charge in [0, 0.05) is 45.7 Å². The molecule has 1 heterocycles. The van der Waals surface area contributed by atoms with Crippen molar-refractivity contribution in [1.29, 1.82) is 0 Å². The van der Waals surface area contributed by atoms with Gasteiger partial charge in [0.1, 0.15) is 0 Å². The van der Waals surface area contributed by atoms with Gasteiger partial charge in [0.2, 0.25) is 5.91 Å². The van der Waals surface area contributed by atoms with Crippen LogP contribution in [0, 0.1) is 6.92 Å². The number of rotatable bonds is 5. The summed E-state index contributed by atoms with van der Waals surface area (Å²) >= 11 is 0. The highest BCUT2D eigenvalue weighted by Crippen LogP contribution is 2.03. The molecule has 0 saturated carbocycles. The zero-order valence-corrected chi connectivity index (χ0v) is 12.6. The van der Waals surface area contributed by atoms with Gasteiger partial charge in [0.25, 0.3) is 0 Å². The van der Waals surface area contributed by atoms with Crippen molar-refractivity contribution in [3.05, 3.63) is 35.4 Å². The molecule has 1 saturated heterocycles. The summed E-state index contributed by atoms with van der Waals surface area (Å²) in [6, 6.07) is 8.28. The molecule has 0 aliphatic carbocycles. The second kappa shape index (κ2) is 7.41. The van der Waals surface area contributed by atoms with E-state index in [4.69, 9.17) is 0 Å². The molecular formula is C16H25N3O. The number of aryl methyl sites for hydroxylation is 1. The van der Waals surface area contributed by atoms with E-state index in [0.717, 1.165) is 38.3 Å². The van der Waals surface area contributed by atoms with Gasteiger partial charge in [0.15, 0.2) is 0 Å². The van der Waals surface area contributed by atoms with Crippen LogP contribution in [0.15, 0.2) is 24.3 Å². The highest BCUT2D eigenvalue weighted by molar-refractivity contribution is 5.76. The number of likely N-dealkylation sites (N-methyl/N-ethyl adjacent to an activating group) is 1. The highest BCUT2D eigenvalue weighted by atomic mass is 16.1. The number of amides is 1. The standard InChI is InChI=1S/C16H25N3O/c1-14-3-5-15(6-4-14)13-17-16(20)7-8-19-11-9-18(2)10-12-19/h3-6H,7-13H2,1-2H3,(H,17,20). The molecule has 1 fully saturated rings. The number of hydrogen-bond donors (Lipinski definition) is 1. The molecule has 4 nitrogen and oxygen atoms in total. The van der Waals surface area contributed by atoms with Crippen LogP contribution in [-0.4, -0.2) is 55.5 Å². The quantitative estimate of drug-likeness (QED) is 0.878. The van der Waals surface area contributed by atoms with Gasteiger partial charge in [-0.2, -0.15) is 0 Å². The summed E-state index contributed by atoms with van der Waals surface area (Å²) in [6.45, 7) is 7.91. The Bertz CT molecular complexity index is 422. The summed E-state index contributed by atoms with van der Waals surface area (Å²) in [5.41, 5.74) is 2.40. The lowest BCUT2D eigenvalue weighted by atomic mass is 10.1. The van der Waals surface area contributed by atoms with Crippen LogP contribution < -0.4 is 5.32 Å². The number of piperazine rings is 1. The molecule has 20 heavy (non-hydrogen) atoms. The van der Waals surface area contributed by atoms with Crippen LogP contribution in [0.5, 0.6) is 0 Å². The summed E-state index contributed by atoms with van der Waals surface area (Å²) in [5.74, 6) is 0.143. The molecule has 4 heteroatoms. The fourth-order valence-corrected chi connectivity index (χ4v) is 2.33. The Morgan fingerprint density at radius 1 is 1.15 bits per heavy atom. The van der Waals surface area contributed by atoms with Crippen LogP contribution in [-0.2, 0) is 11.3 Å². The van der Waals surface area contributed by atoms with Crippen LogP contribution >= 0.6 is 0 Å². The van der Waals surface area contributed by atoms with Crippen molar-refractivity contribution >= 4 is 5.91 Å². The fraction of sp³-hybridized carbons (Fsp3) is 0.562. The second-order valence-corrected chi connectivity index (χ2v) is 5.66. The summed E-state index contributed by atoms with van der Waals surface area (Å²) < 4.78 is 0. The molecule has 0 aromatic heterocycles. The van der Waals surface area contributed by atoms with E-state index in [1.54, 1.807) is 0 Å². The van der Waals surface area contributed by atoms with Crippen LogP contribution in [0.4, 0.5) is 0 Å². The first-order chi connectivity index (χ1) is 9.63. The SMILES string of the molecule is Cc1ccc(CNC(=O)CCN2CCN(C)CC2)cc1. The largest absolute Gasteiger partial charge is 0.352 e. The van der Waals surface area contributed by atoms with Gasteiger partial charge in [0.05, 0.1) is 0 Å². The van der Waals surface area contributed by atoms with Crippen molar-refractivity contribution < 1.29 is 4.79 Å². The van der Waals surface area contributed by atoms with E-state index in [9.17, 15) is 4.79 Å². The predicted octanol–water partition coefficient (Wildman–Crippen LogP) is 1.25. The van der Waals surface area contributed by atoms with Gasteiger partial charge in [-0.05, 0) is 19.5 Å². The number of nitrogens with one attached hydrogen (secondary N) is 1. The summed E-state index contributed by atoms with van der Waals surface area (Å²) in [7, 11) is 2.14. The third-order valence-corrected chi connectivity index (χ3v) is 3.86. The monoisotopic (exact) mass is 275 g/mol. The lowest BCUT2D eigenvalue weighted by molar-refractivity contribution is -0.121. The average molecular weight is 275 g/mol. The van der Waals surface area contributed by atoms with E-state index in [1.807, 2.05) is 0 Å². The number of nitrogens with zero attached hydrogens (tertiary/aromatic N) is 2. The van der Waals surface area contributed by atoms with Crippen LogP contribution in [0.3, 0.4) is 0 Å². The Morgan fingerprint density at radius 2 is 1.80 bits per heavy atom. The van der Waals surface area contributed by atoms with Crippen molar-refractivity contribution in [1.82, 2.24) is 15.1 Å². The molecule has 0 radical (unpaired) electrons. The van der Waals surface area contributed by atoms with Gasteiger partial charge >= 0.3 is 0 Å². The minimum absolute atomic E-state index is 0.143. The molecule has 0 atom stereocenters. The fourth-order valence-electron chi connectivity index (χ4n) is 2.33. The smallest absolute Gasteiger partial charge is 0.221 e. The third kappa shape index (κ3) is 4.94. The second-order valence-electron chi connectivity index (χ2n) is 5.66. The maximum atomic E-state index is 11.8. The lowest BCUT2D eigenvalue weighted by Gasteiger charge is -2.32. The zero-order valence-electron chi connectivity index (χ0n) is 12.6. The van der Waals surface area contributed by atoms with E-state index >= 15 is 0 Å². The van der Waals surface area contributed by atoms with E-state index in [0.29, 0.717) is 13.0 Å². The van der Waals surface area contributed by atoms with E-state index < -0.39 is 0 Å². The molecule has 0 unspecified atom stereocenters. The van der Waals surface area contributed by atoms with Gasteiger partial charge < -0.3 is 15.1 Å². The summed E-state index contributed by atoms with van der Waals surface area (Å²) in [6.07, 6.45) is 0.593. The molecule has 0 spiro atoms. The highest BCUT2D eigenvalue weighted by Gasteiger charge is 2.14. The Kier molecular flexibility index (Phi) is 5.56. The Hall–Kier alpha value is -1.39. The van der Waals surface area contributed by atoms with E-state index in [-0.39, 0.29) is 5.91 Å². The van der Waals surface area contributed by atoms with Crippen LogP contribution in [0.25, 0.3) is 0 Å². The molecular weight excluding hydrogens is 250 g/mol. The van der Waals surface area contributed by atoms with Crippen LogP contribution in [0.2, 0.25) is 0 Å². The van der Waals surface area contributed by atoms with Gasteiger partial charge in [-0.25, -0.2) is 0 Å². The lowest BCUT2D eigenvalue weighted by Crippen LogP contribution is -2.45. The Balaban J connectivity index is 1.64. The molecule has 1 aromatic carbocycles. The van der Waals surface area contributed by atoms with Crippen LogP contribution in [0.1, 0.15) is 17.5 Å². The number of carbonyl (C=O) groups is 1.